The van der Waals surface area contributed by atoms with E-state index in [2.05, 4.69) is 30.9 Å². The summed E-state index contributed by atoms with van der Waals surface area (Å²) in [6, 6.07) is 13.3. The molecule has 0 atom stereocenters. The van der Waals surface area contributed by atoms with Crippen LogP contribution in [0.5, 0.6) is 0 Å². The standard InChI is InChI=1S/C21H24ClN3OS2/c1-4-24(5-2)12-13-25(20(26)15-8-6-9-16(22)14-15)21-23-19-17(27-3)10-7-11-18(19)28-21/h6-11,14H,4-5,12-13H2,1-3H3. The Labute approximate surface area is 179 Å². The van der Waals surface area contributed by atoms with E-state index in [0.29, 0.717) is 17.1 Å². The van der Waals surface area contributed by atoms with Gasteiger partial charge in [-0.05, 0) is 49.7 Å². The van der Waals surface area contributed by atoms with E-state index in [-0.39, 0.29) is 5.91 Å². The highest BCUT2D eigenvalue weighted by Gasteiger charge is 2.22. The summed E-state index contributed by atoms with van der Waals surface area (Å²) in [5.74, 6) is -0.0700. The number of thioether (sulfide) groups is 1. The molecule has 0 bridgehead atoms. The van der Waals surface area contributed by atoms with Crippen molar-refractivity contribution in [1.29, 1.82) is 0 Å². The Hall–Kier alpha value is -1.60. The van der Waals surface area contributed by atoms with Crippen LogP contribution in [0.1, 0.15) is 24.2 Å². The predicted octanol–water partition coefficient (Wildman–Crippen LogP) is 5.66. The summed E-state index contributed by atoms with van der Waals surface area (Å²) in [5, 5.41) is 1.29. The Morgan fingerprint density at radius 1 is 1.14 bits per heavy atom. The van der Waals surface area contributed by atoms with E-state index >= 15 is 0 Å². The molecule has 148 valence electrons. The zero-order chi connectivity index (χ0) is 20.1. The van der Waals surface area contributed by atoms with E-state index in [1.807, 2.05) is 18.4 Å². The number of anilines is 1. The smallest absolute Gasteiger partial charge is 0.260 e. The number of para-hydroxylation sites is 1. The summed E-state index contributed by atoms with van der Waals surface area (Å²) in [7, 11) is 0. The second kappa shape index (κ2) is 9.74. The molecule has 0 fully saturated rings. The first-order valence-corrected chi connectivity index (χ1v) is 11.7. The highest BCUT2D eigenvalue weighted by atomic mass is 35.5. The van der Waals surface area contributed by atoms with E-state index in [4.69, 9.17) is 16.6 Å². The number of rotatable bonds is 8. The molecule has 2 aromatic carbocycles. The Morgan fingerprint density at radius 2 is 1.89 bits per heavy atom. The summed E-state index contributed by atoms with van der Waals surface area (Å²) >= 11 is 9.35. The normalized spacial score (nSPS) is 11.3. The maximum absolute atomic E-state index is 13.3. The van der Waals surface area contributed by atoms with Gasteiger partial charge in [0.15, 0.2) is 5.13 Å². The van der Waals surface area contributed by atoms with Gasteiger partial charge in [-0.25, -0.2) is 4.98 Å². The molecule has 3 aromatic rings. The third kappa shape index (κ3) is 4.69. The molecule has 0 saturated carbocycles. The number of amides is 1. The van der Waals surface area contributed by atoms with Crippen LogP contribution in [0.2, 0.25) is 5.02 Å². The first-order valence-electron chi connectivity index (χ1n) is 9.30. The largest absolute Gasteiger partial charge is 0.302 e. The number of carbonyl (C=O) groups excluding carboxylic acids is 1. The second-order valence-corrected chi connectivity index (χ2v) is 8.59. The van der Waals surface area contributed by atoms with Gasteiger partial charge < -0.3 is 4.90 Å². The number of benzene rings is 2. The van der Waals surface area contributed by atoms with Crippen molar-refractivity contribution in [2.24, 2.45) is 0 Å². The lowest BCUT2D eigenvalue weighted by Gasteiger charge is -2.24. The molecule has 7 heteroatoms. The van der Waals surface area contributed by atoms with Gasteiger partial charge in [-0.15, -0.1) is 11.8 Å². The summed E-state index contributed by atoms with van der Waals surface area (Å²) in [4.78, 5) is 23.4. The van der Waals surface area contributed by atoms with Crippen LogP contribution in [0.3, 0.4) is 0 Å². The number of thiazole rings is 1. The average Bonchev–Trinajstić information content (AvgIpc) is 3.14. The van der Waals surface area contributed by atoms with Crippen molar-refractivity contribution in [3.05, 3.63) is 53.1 Å². The SMILES string of the molecule is CCN(CC)CCN(C(=O)c1cccc(Cl)c1)c1nc2c(SC)cccc2s1. The van der Waals surface area contributed by atoms with Crippen LogP contribution in [0, 0.1) is 0 Å². The lowest BCUT2D eigenvalue weighted by Crippen LogP contribution is -2.38. The van der Waals surface area contributed by atoms with Crippen molar-refractivity contribution in [2.75, 3.05) is 37.3 Å². The minimum absolute atomic E-state index is 0.0700. The molecule has 3 rings (SSSR count). The van der Waals surface area contributed by atoms with Crippen molar-refractivity contribution in [1.82, 2.24) is 9.88 Å². The number of nitrogens with zero attached hydrogens (tertiary/aromatic N) is 3. The number of hydrogen-bond acceptors (Lipinski definition) is 5. The van der Waals surface area contributed by atoms with E-state index in [0.717, 1.165) is 39.9 Å². The Bertz CT molecular complexity index is 956. The molecule has 0 saturated heterocycles. The maximum atomic E-state index is 13.3. The molecule has 0 aliphatic heterocycles. The molecule has 0 aliphatic rings. The van der Waals surface area contributed by atoms with Crippen molar-refractivity contribution in [3.63, 3.8) is 0 Å². The zero-order valence-electron chi connectivity index (χ0n) is 16.3. The first kappa shape index (κ1) is 21.1. The van der Waals surface area contributed by atoms with Crippen LogP contribution < -0.4 is 4.90 Å². The van der Waals surface area contributed by atoms with E-state index in [9.17, 15) is 4.79 Å². The molecule has 0 radical (unpaired) electrons. The highest BCUT2D eigenvalue weighted by molar-refractivity contribution is 7.98. The van der Waals surface area contributed by atoms with Gasteiger partial charge in [0.05, 0.1) is 10.2 Å². The van der Waals surface area contributed by atoms with Crippen LogP contribution in [0.4, 0.5) is 5.13 Å². The van der Waals surface area contributed by atoms with Gasteiger partial charge in [-0.2, -0.15) is 0 Å². The monoisotopic (exact) mass is 433 g/mol. The van der Waals surface area contributed by atoms with E-state index < -0.39 is 0 Å². The lowest BCUT2D eigenvalue weighted by atomic mass is 10.2. The lowest BCUT2D eigenvalue weighted by molar-refractivity contribution is 0.0984. The summed E-state index contributed by atoms with van der Waals surface area (Å²) in [5.41, 5.74) is 1.54. The van der Waals surface area contributed by atoms with Crippen molar-refractivity contribution in [3.8, 4) is 0 Å². The van der Waals surface area contributed by atoms with E-state index in [1.54, 1.807) is 46.2 Å². The van der Waals surface area contributed by atoms with Crippen LogP contribution in [-0.2, 0) is 0 Å². The Kier molecular flexibility index (Phi) is 7.35. The van der Waals surface area contributed by atoms with Gasteiger partial charge >= 0.3 is 0 Å². The van der Waals surface area contributed by atoms with Gasteiger partial charge in [-0.1, -0.05) is 48.9 Å². The summed E-state index contributed by atoms with van der Waals surface area (Å²) < 4.78 is 1.09. The van der Waals surface area contributed by atoms with Crippen molar-refractivity contribution in [2.45, 2.75) is 18.7 Å². The molecule has 1 amide bonds. The fourth-order valence-corrected chi connectivity index (χ4v) is 4.87. The molecule has 0 aliphatic carbocycles. The predicted molar refractivity (Wildman–Crippen MR) is 122 cm³/mol. The fraction of sp³-hybridized carbons (Fsp3) is 0.333. The number of hydrogen-bond donors (Lipinski definition) is 0. The van der Waals surface area contributed by atoms with Crippen LogP contribution in [0.25, 0.3) is 10.2 Å². The first-order chi connectivity index (χ1) is 13.6. The molecule has 0 N–H and O–H groups in total. The molecule has 1 heterocycles. The number of halogens is 1. The minimum atomic E-state index is -0.0700. The van der Waals surface area contributed by atoms with Crippen LogP contribution >= 0.6 is 34.7 Å². The molecule has 28 heavy (non-hydrogen) atoms. The van der Waals surface area contributed by atoms with Crippen molar-refractivity contribution >= 4 is 56.0 Å². The third-order valence-corrected chi connectivity index (χ3v) is 6.72. The van der Waals surface area contributed by atoms with Crippen LogP contribution in [0.15, 0.2) is 47.4 Å². The zero-order valence-corrected chi connectivity index (χ0v) is 18.7. The number of aromatic nitrogens is 1. The van der Waals surface area contributed by atoms with Gasteiger partial charge in [0.1, 0.15) is 0 Å². The highest BCUT2D eigenvalue weighted by Crippen LogP contribution is 2.34. The number of fused-ring (bicyclic) bond motifs is 1. The maximum Gasteiger partial charge on any atom is 0.260 e. The Morgan fingerprint density at radius 3 is 2.57 bits per heavy atom. The van der Waals surface area contributed by atoms with Crippen LogP contribution in [-0.4, -0.2) is 48.2 Å². The second-order valence-electron chi connectivity index (χ2n) is 6.30. The molecular formula is C21H24ClN3OS2. The van der Waals surface area contributed by atoms with Gasteiger partial charge in [0.25, 0.3) is 5.91 Å². The molecule has 0 spiro atoms. The minimum Gasteiger partial charge on any atom is -0.302 e. The van der Waals surface area contributed by atoms with Crippen molar-refractivity contribution < 1.29 is 4.79 Å². The summed E-state index contributed by atoms with van der Waals surface area (Å²) in [6.45, 7) is 7.55. The van der Waals surface area contributed by atoms with Gasteiger partial charge in [0, 0.05) is 28.6 Å². The molecule has 4 nitrogen and oxygen atoms in total. The number of likely N-dealkylation sites (N-methyl/N-ethyl adjacent to an activating group) is 1. The quantitative estimate of drug-likeness (QED) is 0.429. The molecular weight excluding hydrogens is 410 g/mol. The average molecular weight is 434 g/mol. The number of carbonyl (C=O) groups is 1. The molecule has 0 unspecified atom stereocenters. The summed E-state index contributed by atoms with van der Waals surface area (Å²) in [6.07, 6.45) is 2.04. The van der Waals surface area contributed by atoms with Gasteiger partial charge in [-0.3, -0.25) is 9.69 Å². The Balaban J connectivity index is 1.99. The topological polar surface area (TPSA) is 36.4 Å². The fourth-order valence-electron chi connectivity index (χ4n) is 3.03. The van der Waals surface area contributed by atoms with E-state index in [1.165, 1.54) is 0 Å². The third-order valence-electron chi connectivity index (χ3n) is 4.67. The molecule has 1 aromatic heterocycles. The van der Waals surface area contributed by atoms with Gasteiger partial charge in [0.2, 0.25) is 0 Å².